The van der Waals surface area contributed by atoms with Gasteiger partial charge >= 0.3 is 0 Å². The molecule has 1 aromatic carbocycles. The molecular weight excluding hydrogens is 326 g/mol. The fourth-order valence-corrected chi connectivity index (χ4v) is 2.97. The van der Waals surface area contributed by atoms with Gasteiger partial charge in [0.05, 0.1) is 0 Å². The van der Waals surface area contributed by atoms with Crippen molar-refractivity contribution in [1.82, 2.24) is 20.1 Å². The molecule has 0 radical (unpaired) electrons. The van der Waals surface area contributed by atoms with Gasteiger partial charge in [0.25, 0.3) is 5.89 Å². The van der Waals surface area contributed by atoms with Crippen molar-refractivity contribution < 1.29 is 4.52 Å². The Labute approximate surface area is 153 Å². The molecule has 1 fully saturated rings. The van der Waals surface area contributed by atoms with E-state index < -0.39 is 0 Å². The summed E-state index contributed by atoms with van der Waals surface area (Å²) < 4.78 is 5.40. The van der Waals surface area contributed by atoms with Crippen molar-refractivity contribution in [3.8, 4) is 11.5 Å². The van der Waals surface area contributed by atoms with Gasteiger partial charge in [-0.1, -0.05) is 17.3 Å². The van der Waals surface area contributed by atoms with Crippen LogP contribution in [0.15, 0.2) is 28.8 Å². The molecular formula is C20H23N5O. The van der Waals surface area contributed by atoms with Crippen LogP contribution in [-0.2, 0) is 0 Å². The molecule has 0 unspecified atom stereocenters. The summed E-state index contributed by atoms with van der Waals surface area (Å²) in [4.78, 5) is 13.4. The van der Waals surface area contributed by atoms with Crippen molar-refractivity contribution in [1.29, 1.82) is 0 Å². The summed E-state index contributed by atoms with van der Waals surface area (Å²) in [7, 11) is 0. The fraction of sp³-hybridized carbons (Fsp3) is 0.400. The highest BCUT2D eigenvalue weighted by Gasteiger charge is 2.29. The monoisotopic (exact) mass is 349 g/mol. The molecule has 4 rings (SSSR count). The number of rotatable bonds is 5. The van der Waals surface area contributed by atoms with E-state index in [2.05, 4.69) is 44.5 Å². The molecule has 3 aromatic rings. The number of hydrogen-bond acceptors (Lipinski definition) is 6. The molecule has 6 heteroatoms. The van der Waals surface area contributed by atoms with Crippen molar-refractivity contribution >= 4 is 5.82 Å². The molecule has 1 N–H and O–H groups in total. The van der Waals surface area contributed by atoms with Gasteiger partial charge < -0.3 is 9.84 Å². The minimum Gasteiger partial charge on any atom is -0.363 e. The molecule has 0 amide bonds. The van der Waals surface area contributed by atoms with Gasteiger partial charge in [-0.2, -0.15) is 4.98 Å². The smallest absolute Gasteiger partial charge is 0.257 e. The van der Waals surface area contributed by atoms with Gasteiger partial charge in [-0.3, -0.25) is 0 Å². The number of aryl methyl sites for hydroxylation is 2. The van der Waals surface area contributed by atoms with Gasteiger partial charge in [0, 0.05) is 28.8 Å². The molecule has 1 atom stereocenters. The molecule has 1 aliphatic carbocycles. The average molecular weight is 349 g/mol. The summed E-state index contributed by atoms with van der Waals surface area (Å²) in [5.41, 5.74) is 4.21. The maximum Gasteiger partial charge on any atom is 0.257 e. The van der Waals surface area contributed by atoms with Crippen molar-refractivity contribution in [3.63, 3.8) is 0 Å². The summed E-state index contributed by atoms with van der Waals surface area (Å²) in [6, 6.07) is 8.36. The van der Waals surface area contributed by atoms with Crippen LogP contribution >= 0.6 is 0 Å². The summed E-state index contributed by atoms with van der Waals surface area (Å²) in [5, 5.41) is 7.57. The molecule has 26 heavy (non-hydrogen) atoms. The van der Waals surface area contributed by atoms with E-state index in [0.29, 0.717) is 11.8 Å². The SMILES string of the molecule is Cc1nc(C)c(C)c(N[C@@H](C)c2ccc(-c3nc(C4CC4)no3)cc2)n1. The number of aromatic nitrogens is 4. The van der Waals surface area contributed by atoms with Crippen LogP contribution in [-0.4, -0.2) is 20.1 Å². The third kappa shape index (κ3) is 3.31. The van der Waals surface area contributed by atoms with E-state index in [1.54, 1.807) is 0 Å². The number of nitrogens with zero attached hydrogens (tertiary/aromatic N) is 4. The number of benzene rings is 1. The zero-order chi connectivity index (χ0) is 18.3. The number of anilines is 1. The molecule has 0 saturated heterocycles. The lowest BCUT2D eigenvalue weighted by molar-refractivity contribution is 0.422. The van der Waals surface area contributed by atoms with Crippen LogP contribution in [0, 0.1) is 20.8 Å². The van der Waals surface area contributed by atoms with Crippen LogP contribution in [0.3, 0.4) is 0 Å². The lowest BCUT2D eigenvalue weighted by Gasteiger charge is -2.18. The van der Waals surface area contributed by atoms with Gasteiger partial charge in [0.2, 0.25) is 0 Å². The zero-order valence-corrected chi connectivity index (χ0v) is 15.6. The van der Waals surface area contributed by atoms with Crippen molar-refractivity contribution in [3.05, 3.63) is 52.7 Å². The Hall–Kier alpha value is -2.76. The Morgan fingerprint density at radius 2 is 1.77 bits per heavy atom. The minimum atomic E-state index is 0.126. The maximum atomic E-state index is 5.40. The Balaban J connectivity index is 1.50. The largest absolute Gasteiger partial charge is 0.363 e. The van der Waals surface area contributed by atoms with Gasteiger partial charge in [-0.25, -0.2) is 9.97 Å². The summed E-state index contributed by atoms with van der Waals surface area (Å²) in [6.45, 7) is 8.09. The van der Waals surface area contributed by atoms with Crippen LogP contribution in [0.25, 0.3) is 11.5 Å². The Morgan fingerprint density at radius 1 is 1.04 bits per heavy atom. The predicted octanol–water partition coefficient (Wildman–Crippen LogP) is 4.50. The van der Waals surface area contributed by atoms with Crippen LogP contribution in [0.5, 0.6) is 0 Å². The lowest BCUT2D eigenvalue weighted by Crippen LogP contribution is -2.11. The Kier molecular flexibility index (Phi) is 4.18. The molecule has 134 valence electrons. The van der Waals surface area contributed by atoms with Crippen LogP contribution in [0.2, 0.25) is 0 Å². The van der Waals surface area contributed by atoms with Gasteiger partial charge in [0.1, 0.15) is 11.6 Å². The topological polar surface area (TPSA) is 76.7 Å². The van der Waals surface area contributed by atoms with Crippen molar-refractivity contribution in [2.24, 2.45) is 0 Å². The second kappa shape index (κ2) is 6.52. The minimum absolute atomic E-state index is 0.126. The lowest BCUT2D eigenvalue weighted by atomic mass is 10.1. The van der Waals surface area contributed by atoms with E-state index in [9.17, 15) is 0 Å². The van der Waals surface area contributed by atoms with E-state index in [1.807, 2.05) is 32.9 Å². The summed E-state index contributed by atoms with van der Waals surface area (Å²) in [6.07, 6.45) is 2.34. The van der Waals surface area contributed by atoms with E-state index in [0.717, 1.165) is 34.3 Å². The molecule has 0 bridgehead atoms. The average Bonchev–Trinajstić information content (AvgIpc) is 3.36. The molecule has 2 aromatic heterocycles. The molecule has 6 nitrogen and oxygen atoms in total. The van der Waals surface area contributed by atoms with Gasteiger partial charge in [-0.15, -0.1) is 0 Å². The first-order chi connectivity index (χ1) is 12.5. The first-order valence-corrected chi connectivity index (χ1v) is 9.03. The fourth-order valence-electron chi connectivity index (χ4n) is 2.97. The van der Waals surface area contributed by atoms with Gasteiger partial charge in [-0.05, 0) is 58.2 Å². The van der Waals surface area contributed by atoms with Crippen LogP contribution < -0.4 is 5.32 Å². The second-order valence-corrected chi connectivity index (χ2v) is 7.05. The Bertz CT molecular complexity index is 928. The predicted molar refractivity (Wildman–Crippen MR) is 100.0 cm³/mol. The normalized spacial score (nSPS) is 15.1. The molecule has 1 saturated carbocycles. The quantitative estimate of drug-likeness (QED) is 0.731. The molecule has 0 aliphatic heterocycles. The van der Waals surface area contributed by atoms with E-state index in [4.69, 9.17) is 4.52 Å². The van der Waals surface area contributed by atoms with Gasteiger partial charge in [0.15, 0.2) is 5.82 Å². The summed E-state index contributed by atoms with van der Waals surface area (Å²) >= 11 is 0. The van der Waals surface area contributed by atoms with E-state index >= 15 is 0 Å². The van der Waals surface area contributed by atoms with Crippen molar-refractivity contribution in [2.75, 3.05) is 5.32 Å². The Morgan fingerprint density at radius 3 is 2.46 bits per heavy atom. The van der Waals surface area contributed by atoms with Crippen LogP contribution in [0.1, 0.15) is 60.2 Å². The maximum absolute atomic E-state index is 5.40. The number of hydrogen-bond donors (Lipinski definition) is 1. The zero-order valence-electron chi connectivity index (χ0n) is 15.6. The molecule has 0 spiro atoms. The van der Waals surface area contributed by atoms with Crippen molar-refractivity contribution in [2.45, 2.75) is 52.5 Å². The highest BCUT2D eigenvalue weighted by molar-refractivity contribution is 5.54. The third-order valence-electron chi connectivity index (χ3n) is 4.90. The third-order valence-corrected chi connectivity index (χ3v) is 4.90. The van der Waals surface area contributed by atoms with E-state index in [-0.39, 0.29) is 6.04 Å². The number of nitrogens with one attached hydrogen (secondary N) is 1. The highest BCUT2D eigenvalue weighted by atomic mass is 16.5. The first-order valence-electron chi connectivity index (χ1n) is 9.03. The highest BCUT2D eigenvalue weighted by Crippen LogP contribution is 2.38. The standard InChI is InChI=1S/C20H23N5O/c1-11-12(2)21-14(4)23-18(11)22-13(3)15-5-9-17(10-6-15)20-24-19(25-26-20)16-7-8-16/h5-6,9-10,13,16H,7-8H2,1-4H3,(H,21,22,23)/t13-/m0/s1. The first kappa shape index (κ1) is 16.7. The molecule has 1 aliphatic rings. The second-order valence-electron chi connectivity index (χ2n) is 7.05. The van der Waals surface area contributed by atoms with Crippen LogP contribution in [0.4, 0.5) is 5.82 Å². The molecule has 2 heterocycles. The summed E-state index contributed by atoms with van der Waals surface area (Å²) in [5.74, 6) is 3.60. The van der Waals surface area contributed by atoms with E-state index in [1.165, 1.54) is 18.4 Å².